The Labute approximate surface area is 223 Å². The zero-order valence-electron chi connectivity index (χ0n) is 24.5. The van der Waals surface area contributed by atoms with E-state index in [0.717, 1.165) is 0 Å². The number of hydrogen-bond donors (Lipinski definition) is 2. The van der Waals surface area contributed by atoms with Gasteiger partial charge in [-0.3, -0.25) is 0 Å². The summed E-state index contributed by atoms with van der Waals surface area (Å²) in [5.74, 6) is 0. The van der Waals surface area contributed by atoms with E-state index in [2.05, 4.69) is 142 Å². The first-order valence-corrected chi connectivity index (χ1v) is 19.0. The minimum atomic E-state index is -1.79. The molecule has 2 rings (SSSR count). The molecule has 0 aliphatic heterocycles. The summed E-state index contributed by atoms with van der Waals surface area (Å²) in [6.45, 7) is 29.0. The first-order valence-electron chi connectivity index (χ1n) is 13.7. The van der Waals surface area contributed by atoms with E-state index in [-0.39, 0.29) is 0 Å². The highest BCUT2D eigenvalue weighted by molar-refractivity contribution is 7.99. The van der Waals surface area contributed by atoms with Crippen molar-refractivity contribution >= 4 is 39.6 Å². The van der Waals surface area contributed by atoms with Gasteiger partial charge in [-0.25, -0.2) is 0 Å². The van der Waals surface area contributed by atoms with Crippen molar-refractivity contribution in [2.24, 2.45) is 0 Å². The van der Waals surface area contributed by atoms with Gasteiger partial charge in [0.2, 0.25) is 0 Å². The van der Waals surface area contributed by atoms with Gasteiger partial charge in [0.15, 0.2) is 16.5 Å². The maximum Gasteiger partial charge on any atom is 0.161 e. The Balaban J connectivity index is 2.51. The summed E-state index contributed by atoms with van der Waals surface area (Å²) in [6.07, 6.45) is 0. The van der Waals surface area contributed by atoms with Gasteiger partial charge in [0.1, 0.15) is 0 Å². The molecule has 35 heavy (non-hydrogen) atoms. The van der Waals surface area contributed by atoms with Crippen molar-refractivity contribution in [3.8, 4) is 0 Å². The smallest absolute Gasteiger partial charge is 0.161 e. The number of benzene rings is 2. The summed E-state index contributed by atoms with van der Waals surface area (Å²) in [5, 5.41) is 0. The molecule has 2 N–H and O–H groups in total. The zero-order valence-corrected chi connectivity index (χ0v) is 27.3. The van der Waals surface area contributed by atoms with Gasteiger partial charge in [-0.2, -0.15) is 0 Å². The van der Waals surface area contributed by atoms with Crippen LogP contribution in [0.25, 0.3) is 0 Å². The van der Waals surface area contributed by atoms with Crippen molar-refractivity contribution in [1.82, 2.24) is 0 Å². The largest absolute Gasteiger partial charge is 0.409 e. The summed E-state index contributed by atoms with van der Waals surface area (Å²) in [6, 6.07) is 17.9. The molecule has 0 heterocycles. The lowest BCUT2D eigenvalue weighted by atomic mass is 10.3. The normalized spacial score (nSPS) is 13.1. The average molecular weight is 529 g/mol. The predicted octanol–water partition coefficient (Wildman–Crippen LogP) is 11.0. The Kier molecular flexibility index (Phi) is 10.6. The van der Waals surface area contributed by atoms with E-state index in [1.165, 1.54) is 21.2 Å². The highest BCUT2D eigenvalue weighted by atomic mass is 32.2. The van der Waals surface area contributed by atoms with E-state index in [1.807, 2.05) is 11.8 Å². The molecule has 0 saturated carbocycles. The second-order valence-corrected chi connectivity index (χ2v) is 24.4. The highest BCUT2D eigenvalue weighted by Gasteiger charge is 2.45. The van der Waals surface area contributed by atoms with Gasteiger partial charge >= 0.3 is 0 Å². The van der Waals surface area contributed by atoms with Gasteiger partial charge in [0.25, 0.3) is 0 Å². The van der Waals surface area contributed by atoms with E-state index in [4.69, 9.17) is 0 Å². The first-order chi connectivity index (χ1) is 16.3. The van der Waals surface area contributed by atoms with E-state index in [9.17, 15) is 0 Å². The standard InChI is InChI=1S/C30H52N2SSi2/c1-21(2)34(22(3)4,23(5)6)31-27-17-13-15-19-29(27)33-30-20-16-14-18-28(30)32-35(24(7)8,25(9)10)26(11)12/h13-26,31-32H,1-12H3. The number of para-hydroxylation sites is 2. The van der Waals surface area contributed by atoms with Crippen LogP contribution in [0.5, 0.6) is 0 Å². The second kappa shape index (κ2) is 12.4. The molecule has 2 nitrogen and oxygen atoms in total. The Morgan fingerprint density at radius 3 is 0.971 bits per heavy atom. The molecule has 0 aliphatic rings. The SMILES string of the molecule is CC(C)[Si](Nc1ccccc1Sc1ccccc1N[Si](C(C)C)(C(C)C)C(C)C)(C(C)C)C(C)C. The summed E-state index contributed by atoms with van der Waals surface area (Å²) < 4.78 is 0. The molecule has 2 aromatic carbocycles. The van der Waals surface area contributed by atoms with Crippen molar-refractivity contribution in [2.45, 2.75) is 126 Å². The molecule has 0 radical (unpaired) electrons. The van der Waals surface area contributed by atoms with Gasteiger partial charge in [0.05, 0.1) is 0 Å². The first kappa shape index (κ1) is 30.1. The number of anilines is 2. The van der Waals surface area contributed by atoms with E-state index in [0.29, 0.717) is 33.2 Å². The molecule has 0 aromatic heterocycles. The summed E-state index contributed by atoms with van der Waals surface area (Å²) in [5.41, 5.74) is 6.54. The van der Waals surface area contributed by atoms with Crippen LogP contribution in [0.4, 0.5) is 11.4 Å². The highest BCUT2D eigenvalue weighted by Crippen LogP contribution is 2.47. The molecule has 0 saturated heterocycles. The monoisotopic (exact) mass is 528 g/mol. The van der Waals surface area contributed by atoms with Crippen molar-refractivity contribution in [3.05, 3.63) is 48.5 Å². The van der Waals surface area contributed by atoms with Gasteiger partial charge < -0.3 is 9.96 Å². The lowest BCUT2D eigenvalue weighted by molar-refractivity contribution is 0.820. The quantitative estimate of drug-likeness (QED) is 0.268. The zero-order chi connectivity index (χ0) is 26.6. The van der Waals surface area contributed by atoms with E-state index < -0.39 is 16.5 Å². The Morgan fingerprint density at radius 2 is 0.714 bits per heavy atom. The Hall–Kier alpha value is -1.18. The van der Waals surface area contributed by atoms with Crippen molar-refractivity contribution < 1.29 is 0 Å². The average Bonchev–Trinajstić information content (AvgIpc) is 2.76. The maximum atomic E-state index is 4.21. The van der Waals surface area contributed by atoms with Crippen LogP contribution < -0.4 is 9.96 Å². The molecule has 0 aliphatic carbocycles. The number of hydrogen-bond acceptors (Lipinski definition) is 3. The second-order valence-electron chi connectivity index (χ2n) is 12.1. The molecule has 0 amide bonds. The van der Waals surface area contributed by atoms with Crippen LogP contribution in [-0.2, 0) is 0 Å². The minimum absolute atomic E-state index is 0.657. The Bertz CT molecular complexity index is 818. The summed E-state index contributed by atoms with van der Waals surface area (Å²) in [7, 11) is -3.57. The van der Waals surface area contributed by atoms with Crippen LogP contribution in [0.15, 0.2) is 58.3 Å². The van der Waals surface area contributed by atoms with Crippen molar-refractivity contribution in [1.29, 1.82) is 0 Å². The molecular weight excluding hydrogens is 477 g/mol. The number of nitrogens with one attached hydrogen (secondary N) is 2. The van der Waals surface area contributed by atoms with E-state index >= 15 is 0 Å². The Morgan fingerprint density at radius 1 is 0.457 bits per heavy atom. The lowest BCUT2D eigenvalue weighted by Gasteiger charge is -2.44. The molecule has 0 bridgehead atoms. The fraction of sp³-hybridized carbons (Fsp3) is 0.600. The third kappa shape index (κ3) is 6.22. The van der Waals surface area contributed by atoms with Gasteiger partial charge in [-0.15, -0.1) is 0 Å². The lowest BCUT2D eigenvalue weighted by Crippen LogP contribution is -2.52. The van der Waals surface area contributed by atoms with Crippen LogP contribution in [-0.4, -0.2) is 16.5 Å². The van der Waals surface area contributed by atoms with E-state index in [1.54, 1.807) is 0 Å². The van der Waals surface area contributed by atoms with Crippen LogP contribution in [0.2, 0.25) is 33.2 Å². The molecule has 0 unspecified atom stereocenters. The molecule has 5 heteroatoms. The minimum Gasteiger partial charge on any atom is -0.409 e. The van der Waals surface area contributed by atoms with Crippen LogP contribution >= 0.6 is 11.8 Å². The molecule has 2 aromatic rings. The fourth-order valence-corrected chi connectivity index (χ4v) is 19.0. The molecule has 196 valence electrons. The molecule has 0 fully saturated rings. The van der Waals surface area contributed by atoms with Crippen molar-refractivity contribution in [2.75, 3.05) is 9.96 Å². The van der Waals surface area contributed by atoms with Gasteiger partial charge in [-0.05, 0) is 57.5 Å². The maximum absolute atomic E-state index is 4.21. The summed E-state index contributed by atoms with van der Waals surface area (Å²) >= 11 is 1.91. The van der Waals surface area contributed by atoms with Gasteiger partial charge in [0, 0.05) is 21.2 Å². The van der Waals surface area contributed by atoms with Gasteiger partial charge in [-0.1, -0.05) is 119 Å². The van der Waals surface area contributed by atoms with Crippen LogP contribution in [0.3, 0.4) is 0 Å². The van der Waals surface area contributed by atoms with Crippen LogP contribution in [0.1, 0.15) is 83.1 Å². The number of rotatable bonds is 12. The third-order valence-corrected chi connectivity index (χ3v) is 22.4. The predicted molar refractivity (Wildman–Crippen MR) is 166 cm³/mol. The molecule has 0 atom stereocenters. The van der Waals surface area contributed by atoms with Crippen LogP contribution in [0, 0.1) is 0 Å². The van der Waals surface area contributed by atoms with Crippen molar-refractivity contribution in [3.63, 3.8) is 0 Å². The third-order valence-electron chi connectivity index (χ3n) is 8.43. The molecular formula is C30H52N2SSi2. The fourth-order valence-electron chi connectivity index (χ4n) is 6.77. The topological polar surface area (TPSA) is 24.1 Å². The summed E-state index contributed by atoms with van der Waals surface area (Å²) in [4.78, 5) is 11.1. The molecule has 0 spiro atoms.